The molecule has 0 aliphatic rings. The molecule has 3 nitrogen and oxygen atoms in total. The third kappa shape index (κ3) is 3.31. The van der Waals surface area contributed by atoms with Gasteiger partial charge in [0.2, 0.25) is 5.89 Å². The Morgan fingerprint density at radius 2 is 1.82 bits per heavy atom. The number of pyridine rings is 1. The van der Waals surface area contributed by atoms with Crippen molar-refractivity contribution in [3.63, 3.8) is 0 Å². The number of benzene rings is 1. The van der Waals surface area contributed by atoms with Gasteiger partial charge in [-0.15, -0.1) is 0 Å². The molecule has 0 bridgehead atoms. The van der Waals surface area contributed by atoms with Crippen LogP contribution in [0, 0.1) is 0 Å². The monoisotopic (exact) mass is 364 g/mol. The van der Waals surface area contributed by atoms with Crippen molar-refractivity contribution < 1.29 is 17.6 Å². The molecule has 0 fully saturated rings. The third-order valence-corrected chi connectivity index (χ3v) is 3.84. The lowest BCUT2D eigenvalue weighted by molar-refractivity contribution is -0.0328. The maximum Gasteiger partial charge on any atom is 0.446 e. The Bertz CT molecular complexity index is 851. The molecule has 0 unspecified atom stereocenters. The number of halogens is 5. The molecule has 3 aromatic rings. The van der Waals surface area contributed by atoms with Crippen LogP contribution in [0.15, 0.2) is 39.6 Å². The average Bonchev–Trinajstić information content (AvgIpc) is 2.82. The van der Waals surface area contributed by atoms with E-state index in [0.717, 1.165) is 0 Å². The fourth-order valence-corrected chi connectivity index (χ4v) is 2.68. The van der Waals surface area contributed by atoms with Crippen LogP contribution >= 0.6 is 35.0 Å². The predicted octanol–water partition coefficient (Wildman–Crippen LogP) is 5.81. The largest absolute Gasteiger partial charge is 0.446 e. The summed E-state index contributed by atoms with van der Waals surface area (Å²) in [5.74, 6) is 0.0941. The first-order valence-corrected chi connectivity index (χ1v) is 7.38. The van der Waals surface area contributed by atoms with Gasteiger partial charge in [0.25, 0.3) is 0 Å². The Morgan fingerprint density at radius 3 is 2.55 bits per heavy atom. The smallest absolute Gasteiger partial charge is 0.435 e. The van der Waals surface area contributed by atoms with Crippen molar-refractivity contribution in [3.8, 4) is 11.6 Å². The van der Waals surface area contributed by atoms with Gasteiger partial charge in [0.05, 0.1) is 5.02 Å². The average molecular weight is 365 g/mol. The fraction of sp³-hybridized carbons (Fsp3) is 0.0769. The Kier molecular flexibility index (Phi) is 3.96. The molecule has 2 aromatic heterocycles. The molecule has 3 rings (SSSR count). The van der Waals surface area contributed by atoms with Gasteiger partial charge in [0.15, 0.2) is 5.58 Å². The molecule has 0 aliphatic heterocycles. The lowest BCUT2D eigenvalue weighted by Crippen LogP contribution is -1.98. The van der Waals surface area contributed by atoms with E-state index in [1.165, 1.54) is 30.3 Å². The Morgan fingerprint density at radius 1 is 1.05 bits per heavy atom. The molecule has 1 aromatic carbocycles. The maximum absolute atomic E-state index is 12.4. The zero-order chi connectivity index (χ0) is 15.9. The summed E-state index contributed by atoms with van der Waals surface area (Å²) in [5.41, 5.74) is -3.52. The van der Waals surface area contributed by atoms with Crippen LogP contribution in [0.25, 0.3) is 22.7 Å². The van der Waals surface area contributed by atoms with E-state index in [4.69, 9.17) is 27.6 Å². The highest BCUT2D eigenvalue weighted by Gasteiger charge is 2.29. The number of rotatable bonds is 2. The minimum absolute atomic E-state index is 0.0185. The summed E-state index contributed by atoms with van der Waals surface area (Å²) in [7, 11) is 0. The zero-order valence-corrected chi connectivity index (χ0v) is 12.8. The van der Waals surface area contributed by atoms with E-state index in [0.29, 0.717) is 5.58 Å². The van der Waals surface area contributed by atoms with Gasteiger partial charge in [-0.05, 0) is 42.1 Å². The third-order valence-electron chi connectivity index (χ3n) is 2.61. The highest BCUT2D eigenvalue weighted by molar-refractivity contribution is 8.00. The summed E-state index contributed by atoms with van der Waals surface area (Å²) in [6.07, 6.45) is 0. The summed E-state index contributed by atoms with van der Waals surface area (Å²) >= 11 is 11.6. The molecule has 0 spiro atoms. The van der Waals surface area contributed by atoms with Gasteiger partial charge < -0.3 is 4.42 Å². The molecule has 0 radical (unpaired) electrons. The minimum atomic E-state index is -4.36. The predicted molar refractivity (Wildman–Crippen MR) is 79.2 cm³/mol. The van der Waals surface area contributed by atoms with Crippen LogP contribution in [-0.4, -0.2) is 15.5 Å². The van der Waals surface area contributed by atoms with Crippen LogP contribution in [0.5, 0.6) is 0 Å². The van der Waals surface area contributed by atoms with Gasteiger partial charge in [-0.2, -0.15) is 13.2 Å². The highest BCUT2D eigenvalue weighted by Crippen LogP contribution is 2.38. The second-order valence-electron chi connectivity index (χ2n) is 4.16. The first kappa shape index (κ1) is 15.5. The van der Waals surface area contributed by atoms with Crippen LogP contribution in [0.3, 0.4) is 0 Å². The summed E-state index contributed by atoms with van der Waals surface area (Å²) in [5, 5.41) is 0.482. The molecular formula is C13H5Cl2F3N2OS. The quantitative estimate of drug-likeness (QED) is 0.424. The van der Waals surface area contributed by atoms with Gasteiger partial charge in [0.1, 0.15) is 16.4 Å². The van der Waals surface area contributed by atoms with Crippen molar-refractivity contribution in [2.24, 2.45) is 0 Å². The van der Waals surface area contributed by atoms with Crippen LogP contribution in [0.1, 0.15) is 0 Å². The van der Waals surface area contributed by atoms with Crippen LogP contribution in [-0.2, 0) is 0 Å². The molecule has 22 heavy (non-hydrogen) atoms. The number of hydrogen-bond donors (Lipinski definition) is 0. The molecule has 0 saturated heterocycles. The number of alkyl halides is 3. The number of nitrogens with zero attached hydrogens (tertiary/aromatic N) is 2. The van der Waals surface area contributed by atoms with Crippen molar-refractivity contribution in [3.05, 3.63) is 40.5 Å². The Hall–Kier alpha value is -1.44. The topological polar surface area (TPSA) is 38.9 Å². The number of thioether (sulfide) groups is 1. The van der Waals surface area contributed by atoms with Crippen LogP contribution in [0.4, 0.5) is 13.2 Å². The maximum atomic E-state index is 12.4. The van der Waals surface area contributed by atoms with Gasteiger partial charge in [0, 0.05) is 4.90 Å². The molecule has 9 heteroatoms. The van der Waals surface area contributed by atoms with E-state index in [9.17, 15) is 13.2 Å². The lowest BCUT2D eigenvalue weighted by atomic mass is 10.3. The number of hydrogen-bond acceptors (Lipinski definition) is 4. The number of aromatic nitrogens is 2. The second-order valence-corrected chi connectivity index (χ2v) is 6.09. The SMILES string of the molecule is FC(F)(F)Sc1ccc2oc(-c3nc(Cl)ccc3Cl)nc2c1. The summed E-state index contributed by atoms with van der Waals surface area (Å²) < 4.78 is 42.6. The van der Waals surface area contributed by atoms with Gasteiger partial charge >= 0.3 is 5.51 Å². The molecule has 2 heterocycles. The van der Waals surface area contributed by atoms with E-state index in [1.807, 2.05) is 0 Å². The van der Waals surface area contributed by atoms with E-state index in [-0.39, 0.29) is 43.9 Å². The summed E-state index contributed by atoms with van der Waals surface area (Å²) in [6, 6.07) is 7.06. The van der Waals surface area contributed by atoms with Gasteiger partial charge in [-0.1, -0.05) is 23.2 Å². The molecule has 0 aliphatic carbocycles. The van der Waals surface area contributed by atoms with Gasteiger partial charge in [-0.3, -0.25) is 0 Å². The molecule has 0 saturated carbocycles. The Balaban J connectivity index is 2.04. The number of oxazole rings is 1. The first-order valence-electron chi connectivity index (χ1n) is 5.80. The fourth-order valence-electron chi connectivity index (χ4n) is 1.77. The van der Waals surface area contributed by atoms with E-state index in [2.05, 4.69) is 9.97 Å². The summed E-state index contributed by atoms with van der Waals surface area (Å²) in [4.78, 5) is 8.15. The van der Waals surface area contributed by atoms with Crippen molar-refractivity contribution in [2.45, 2.75) is 10.4 Å². The molecule has 114 valence electrons. The van der Waals surface area contributed by atoms with Crippen molar-refractivity contribution in [2.75, 3.05) is 0 Å². The van der Waals surface area contributed by atoms with Crippen LogP contribution < -0.4 is 0 Å². The molecule has 0 atom stereocenters. The van der Waals surface area contributed by atoms with E-state index < -0.39 is 5.51 Å². The highest BCUT2D eigenvalue weighted by atomic mass is 35.5. The van der Waals surface area contributed by atoms with Crippen molar-refractivity contribution in [1.29, 1.82) is 0 Å². The van der Waals surface area contributed by atoms with Crippen LogP contribution in [0.2, 0.25) is 10.2 Å². The van der Waals surface area contributed by atoms with Crippen molar-refractivity contribution >= 4 is 46.1 Å². The number of fused-ring (bicyclic) bond motifs is 1. The molecular weight excluding hydrogens is 360 g/mol. The second kappa shape index (κ2) is 5.64. The standard InChI is InChI=1S/C13H5Cl2F3N2OS/c14-7-2-4-10(15)20-11(7)12-19-8-5-6(22-13(16,17)18)1-3-9(8)21-12/h1-5H. The van der Waals surface area contributed by atoms with Crippen molar-refractivity contribution in [1.82, 2.24) is 9.97 Å². The normalized spacial score (nSPS) is 12.0. The summed E-state index contributed by atoms with van der Waals surface area (Å²) in [6.45, 7) is 0. The van der Waals surface area contributed by atoms with E-state index in [1.54, 1.807) is 0 Å². The van der Waals surface area contributed by atoms with Gasteiger partial charge in [-0.25, -0.2) is 9.97 Å². The zero-order valence-electron chi connectivity index (χ0n) is 10.5. The lowest BCUT2D eigenvalue weighted by Gasteiger charge is -2.04. The molecule has 0 N–H and O–H groups in total. The molecule has 0 amide bonds. The van der Waals surface area contributed by atoms with E-state index >= 15 is 0 Å². The first-order chi connectivity index (χ1) is 10.3. The minimum Gasteiger partial charge on any atom is -0.435 e. The Labute approximate surface area is 136 Å².